The smallest absolute Gasteiger partial charge is 0.407 e. The quantitative estimate of drug-likeness (QED) is 0.568. The van der Waals surface area contributed by atoms with Crippen LogP contribution in [0, 0.1) is 5.92 Å². The lowest BCUT2D eigenvalue weighted by molar-refractivity contribution is -0.158. The lowest BCUT2D eigenvalue weighted by Crippen LogP contribution is -2.59. The van der Waals surface area contributed by atoms with Gasteiger partial charge in [0.2, 0.25) is 5.91 Å². The molecule has 0 radical (unpaired) electrons. The van der Waals surface area contributed by atoms with Crippen molar-refractivity contribution in [3.63, 3.8) is 0 Å². The van der Waals surface area contributed by atoms with Crippen LogP contribution in [0.5, 0.6) is 0 Å². The van der Waals surface area contributed by atoms with Crippen molar-refractivity contribution in [1.29, 1.82) is 0 Å². The Hall–Kier alpha value is -3.35. The first kappa shape index (κ1) is 24.8. The maximum absolute atomic E-state index is 13.5. The van der Waals surface area contributed by atoms with Gasteiger partial charge in [-0.2, -0.15) is 0 Å². The van der Waals surface area contributed by atoms with E-state index in [-0.39, 0.29) is 24.3 Å². The van der Waals surface area contributed by atoms with Gasteiger partial charge in [-0.25, -0.2) is 9.59 Å². The number of nitrogens with zero attached hydrogens (tertiary/aromatic N) is 1. The number of carboxylic acid groups (broad SMARTS) is 1. The number of aliphatic carboxylic acids is 1. The zero-order chi connectivity index (χ0) is 25.2. The second-order valence-corrected chi connectivity index (χ2v) is 9.62. The maximum Gasteiger partial charge on any atom is 0.407 e. The van der Waals surface area contributed by atoms with Crippen LogP contribution in [0.4, 0.5) is 4.79 Å². The van der Waals surface area contributed by atoms with Crippen LogP contribution in [-0.2, 0) is 14.3 Å². The summed E-state index contributed by atoms with van der Waals surface area (Å²) >= 11 is 0. The van der Waals surface area contributed by atoms with Crippen molar-refractivity contribution < 1.29 is 24.2 Å². The summed E-state index contributed by atoms with van der Waals surface area (Å²) in [7, 11) is 0. The molecule has 186 valence electrons. The van der Waals surface area contributed by atoms with Gasteiger partial charge in [0.25, 0.3) is 0 Å². The van der Waals surface area contributed by atoms with Gasteiger partial charge in [-0.05, 0) is 47.4 Å². The maximum atomic E-state index is 13.5. The molecule has 1 heterocycles. The highest BCUT2D eigenvalue weighted by Crippen LogP contribution is 2.44. The molecule has 0 bridgehead atoms. The number of nitrogens with one attached hydrogen (secondary N) is 1. The monoisotopic (exact) mass is 478 g/mol. The van der Waals surface area contributed by atoms with Crippen molar-refractivity contribution in [3.05, 3.63) is 59.7 Å². The lowest BCUT2D eigenvalue weighted by atomic mass is 9.90. The summed E-state index contributed by atoms with van der Waals surface area (Å²) in [6, 6.07) is 15.4. The van der Waals surface area contributed by atoms with Gasteiger partial charge in [-0.1, -0.05) is 75.7 Å². The number of hydrogen-bond acceptors (Lipinski definition) is 4. The molecule has 1 saturated heterocycles. The van der Waals surface area contributed by atoms with Crippen LogP contribution in [0.1, 0.15) is 63.5 Å². The molecule has 7 nitrogen and oxygen atoms in total. The second kappa shape index (κ2) is 10.1. The number of hydrogen-bond donors (Lipinski definition) is 2. The minimum Gasteiger partial charge on any atom is -0.479 e. The van der Waals surface area contributed by atoms with Crippen LogP contribution in [0.25, 0.3) is 11.1 Å². The lowest BCUT2D eigenvalue weighted by Gasteiger charge is -2.37. The highest BCUT2D eigenvalue weighted by molar-refractivity contribution is 5.92. The average Bonchev–Trinajstić information content (AvgIpc) is 3.45. The fourth-order valence-electron chi connectivity index (χ4n) is 5.56. The third-order valence-electron chi connectivity index (χ3n) is 7.83. The Kier molecular flexibility index (Phi) is 7.15. The predicted octanol–water partition coefficient (Wildman–Crippen LogP) is 4.80. The zero-order valence-corrected chi connectivity index (χ0v) is 20.6. The van der Waals surface area contributed by atoms with Gasteiger partial charge >= 0.3 is 12.1 Å². The molecule has 0 aromatic heterocycles. The molecule has 0 saturated carbocycles. The minimum atomic E-state index is -1.22. The number of amides is 2. The van der Waals surface area contributed by atoms with Gasteiger partial charge in [-0.15, -0.1) is 0 Å². The number of rotatable bonds is 8. The molecule has 1 fully saturated rings. The summed E-state index contributed by atoms with van der Waals surface area (Å²) in [6.07, 6.45) is 1.36. The van der Waals surface area contributed by atoms with E-state index >= 15 is 0 Å². The van der Waals surface area contributed by atoms with E-state index in [4.69, 9.17) is 4.74 Å². The van der Waals surface area contributed by atoms with E-state index in [1.54, 1.807) is 6.92 Å². The standard InChI is InChI=1S/C28H34N2O5/c1-4-18(3)24(25(31)30-16-10-15-28(30,5-2)26(32)33)29-27(34)35-17-23-21-13-8-6-11-19(21)20-12-7-9-14-22(20)23/h6-9,11-14,18,23-24H,4-5,10,15-17H2,1-3H3,(H,29,34)(H,32,33)/t18-,24-,28?/m0/s1. The molecule has 0 spiro atoms. The molecule has 1 aliphatic carbocycles. The highest BCUT2D eigenvalue weighted by atomic mass is 16.5. The molecule has 2 aliphatic rings. The predicted molar refractivity (Wildman–Crippen MR) is 133 cm³/mol. The normalized spacial score (nSPS) is 20.6. The molecule has 1 unspecified atom stereocenters. The molecule has 35 heavy (non-hydrogen) atoms. The number of likely N-dealkylation sites (tertiary alicyclic amines) is 1. The zero-order valence-electron chi connectivity index (χ0n) is 20.6. The van der Waals surface area contributed by atoms with Gasteiger partial charge < -0.3 is 20.1 Å². The first-order chi connectivity index (χ1) is 16.8. The molecular weight excluding hydrogens is 444 g/mol. The third-order valence-corrected chi connectivity index (χ3v) is 7.83. The molecule has 7 heteroatoms. The number of carbonyl (C=O) groups is 3. The SMILES string of the molecule is CC[C@H](C)[C@H](NC(=O)OCC1c2ccccc2-c2ccccc21)C(=O)N1CCCC1(CC)C(=O)O. The summed E-state index contributed by atoms with van der Waals surface area (Å²) in [5.41, 5.74) is 3.29. The summed E-state index contributed by atoms with van der Waals surface area (Å²) in [5, 5.41) is 12.7. The molecule has 3 atom stereocenters. The Balaban J connectivity index is 1.49. The Morgan fingerprint density at radius 3 is 2.23 bits per heavy atom. The van der Waals surface area contributed by atoms with Crippen molar-refractivity contribution in [2.45, 2.75) is 64.0 Å². The van der Waals surface area contributed by atoms with Crippen molar-refractivity contribution in [2.24, 2.45) is 5.92 Å². The van der Waals surface area contributed by atoms with Crippen LogP contribution in [0.3, 0.4) is 0 Å². The Labute approximate surface area is 206 Å². The molecule has 4 rings (SSSR count). The van der Waals surface area contributed by atoms with E-state index in [0.29, 0.717) is 32.2 Å². The van der Waals surface area contributed by atoms with Crippen molar-refractivity contribution >= 4 is 18.0 Å². The van der Waals surface area contributed by atoms with E-state index < -0.39 is 23.6 Å². The molecule has 2 aromatic rings. The van der Waals surface area contributed by atoms with E-state index in [0.717, 1.165) is 22.3 Å². The summed E-state index contributed by atoms with van der Waals surface area (Å²) in [4.78, 5) is 40.0. The number of ether oxygens (including phenoxy) is 1. The van der Waals surface area contributed by atoms with Crippen LogP contribution in [0.2, 0.25) is 0 Å². The fraction of sp³-hybridized carbons (Fsp3) is 0.464. The molecule has 1 aliphatic heterocycles. The van der Waals surface area contributed by atoms with Gasteiger partial charge in [0.1, 0.15) is 18.2 Å². The van der Waals surface area contributed by atoms with E-state index in [2.05, 4.69) is 29.6 Å². The van der Waals surface area contributed by atoms with Gasteiger partial charge in [0.05, 0.1) is 0 Å². The number of alkyl carbamates (subject to hydrolysis) is 1. The Bertz CT molecular complexity index is 1070. The topological polar surface area (TPSA) is 95.9 Å². The van der Waals surface area contributed by atoms with E-state index in [9.17, 15) is 19.5 Å². The fourth-order valence-corrected chi connectivity index (χ4v) is 5.56. The van der Waals surface area contributed by atoms with Crippen LogP contribution < -0.4 is 5.32 Å². The van der Waals surface area contributed by atoms with Gasteiger partial charge in [-0.3, -0.25) is 4.79 Å². The van der Waals surface area contributed by atoms with Crippen LogP contribution >= 0.6 is 0 Å². The third kappa shape index (κ3) is 4.40. The Morgan fingerprint density at radius 1 is 1.09 bits per heavy atom. The molecule has 2 amide bonds. The van der Waals surface area contributed by atoms with Gasteiger partial charge in [0, 0.05) is 12.5 Å². The minimum absolute atomic E-state index is 0.0794. The number of carboxylic acids is 1. The van der Waals surface area contributed by atoms with Crippen molar-refractivity contribution in [1.82, 2.24) is 10.2 Å². The molecular formula is C28H34N2O5. The Morgan fingerprint density at radius 2 is 1.69 bits per heavy atom. The van der Waals surface area contributed by atoms with Crippen LogP contribution in [0.15, 0.2) is 48.5 Å². The number of carbonyl (C=O) groups excluding carboxylic acids is 2. The van der Waals surface area contributed by atoms with Crippen molar-refractivity contribution in [2.75, 3.05) is 13.2 Å². The number of fused-ring (bicyclic) bond motifs is 3. The van der Waals surface area contributed by atoms with Crippen LogP contribution in [-0.4, -0.2) is 52.7 Å². The first-order valence-corrected chi connectivity index (χ1v) is 12.5. The summed E-state index contributed by atoms with van der Waals surface area (Å²) in [5.74, 6) is -1.60. The van der Waals surface area contributed by atoms with E-state index in [1.807, 2.05) is 38.1 Å². The van der Waals surface area contributed by atoms with Gasteiger partial charge in [0.15, 0.2) is 0 Å². The largest absolute Gasteiger partial charge is 0.479 e. The molecule has 2 N–H and O–H groups in total. The van der Waals surface area contributed by atoms with Crippen molar-refractivity contribution in [3.8, 4) is 11.1 Å². The number of benzene rings is 2. The summed E-state index contributed by atoms with van der Waals surface area (Å²) < 4.78 is 5.67. The average molecular weight is 479 g/mol. The summed E-state index contributed by atoms with van der Waals surface area (Å²) in [6.45, 7) is 6.14. The van der Waals surface area contributed by atoms with E-state index in [1.165, 1.54) is 4.90 Å². The highest BCUT2D eigenvalue weighted by Gasteiger charge is 2.50. The first-order valence-electron chi connectivity index (χ1n) is 12.5. The second-order valence-electron chi connectivity index (χ2n) is 9.62. The molecule has 2 aromatic carbocycles.